The van der Waals surface area contributed by atoms with Gasteiger partial charge in [-0.2, -0.15) is 0 Å². The number of nitrogens with zero attached hydrogens (tertiary/aromatic N) is 1. The average Bonchev–Trinajstić information content (AvgIpc) is 3.10. The van der Waals surface area contributed by atoms with Crippen molar-refractivity contribution in [3.05, 3.63) is 77.2 Å². The van der Waals surface area contributed by atoms with Crippen LogP contribution in [0.2, 0.25) is 0 Å². The molecule has 2 aromatic carbocycles. The Hall–Kier alpha value is -2.58. The summed E-state index contributed by atoms with van der Waals surface area (Å²) in [5.74, 6) is -0.462. The van der Waals surface area contributed by atoms with Crippen LogP contribution in [0.15, 0.2) is 80.7 Å². The molecule has 0 atom stereocenters. The molecule has 0 fully saturated rings. The number of hydrogen-bond acceptors (Lipinski definition) is 4. The Bertz CT molecular complexity index is 1050. The molecule has 8 heteroatoms. The summed E-state index contributed by atoms with van der Waals surface area (Å²) in [6.45, 7) is 2.01. The predicted molar refractivity (Wildman–Crippen MR) is 107 cm³/mol. The van der Waals surface area contributed by atoms with Crippen molar-refractivity contribution in [2.45, 2.75) is 11.8 Å². The Balaban J connectivity index is 1.98. The lowest BCUT2D eigenvalue weighted by molar-refractivity contribution is 0.0995. The fourth-order valence-electron chi connectivity index (χ4n) is 2.62. The average molecular weight is 449 g/mol. The first-order valence-electron chi connectivity index (χ1n) is 8.17. The molecule has 1 amide bonds. The normalized spacial score (nSPS) is 11.2. The van der Waals surface area contributed by atoms with Gasteiger partial charge in [-0.15, -0.1) is 0 Å². The van der Waals surface area contributed by atoms with Crippen molar-refractivity contribution < 1.29 is 17.6 Å². The van der Waals surface area contributed by atoms with Crippen LogP contribution in [0.3, 0.4) is 0 Å². The van der Waals surface area contributed by atoms with E-state index in [1.54, 1.807) is 55.5 Å². The molecule has 0 aliphatic heterocycles. The van der Waals surface area contributed by atoms with Crippen LogP contribution in [0, 0.1) is 0 Å². The number of sulfonamides is 1. The van der Waals surface area contributed by atoms with Gasteiger partial charge >= 0.3 is 0 Å². The minimum atomic E-state index is -3.88. The summed E-state index contributed by atoms with van der Waals surface area (Å²) >= 11 is 3.14. The number of benzene rings is 2. The second kappa shape index (κ2) is 7.98. The third-order valence-electron chi connectivity index (χ3n) is 3.83. The van der Waals surface area contributed by atoms with Gasteiger partial charge in [0.15, 0.2) is 10.4 Å². The van der Waals surface area contributed by atoms with Crippen LogP contribution in [0.5, 0.6) is 0 Å². The number of carbonyl (C=O) groups is 1. The molecular weight excluding hydrogens is 432 g/mol. The Kier molecular flexibility index (Phi) is 5.67. The van der Waals surface area contributed by atoms with Crippen molar-refractivity contribution in [1.29, 1.82) is 0 Å². The summed E-state index contributed by atoms with van der Waals surface area (Å²) < 4.78 is 33.4. The fraction of sp³-hybridized carbons (Fsp3) is 0.105. The largest absolute Gasteiger partial charge is 0.444 e. The van der Waals surface area contributed by atoms with Crippen molar-refractivity contribution in [2.75, 3.05) is 16.2 Å². The highest BCUT2D eigenvalue weighted by Crippen LogP contribution is 2.29. The molecule has 1 aromatic heterocycles. The first-order valence-corrected chi connectivity index (χ1v) is 10.4. The first-order chi connectivity index (χ1) is 12.9. The molecule has 1 heterocycles. The maximum absolute atomic E-state index is 13.3. The van der Waals surface area contributed by atoms with Gasteiger partial charge < -0.3 is 9.73 Å². The summed E-state index contributed by atoms with van der Waals surface area (Å²) in [7, 11) is -3.88. The quantitative estimate of drug-likeness (QED) is 0.601. The van der Waals surface area contributed by atoms with Crippen molar-refractivity contribution >= 4 is 43.2 Å². The zero-order valence-corrected chi connectivity index (χ0v) is 16.8. The molecule has 0 saturated heterocycles. The van der Waals surface area contributed by atoms with Gasteiger partial charge in [0.25, 0.3) is 15.9 Å². The van der Waals surface area contributed by atoms with Gasteiger partial charge in [0, 0.05) is 6.54 Å². The van der Waals surface area contributed by atoms with Gasteiger partial charge in [0.05, 0.1) is 11.4 Å². The molecule has 0 radical (unpaired) electrons. The van der Waals surface area contributed by atoms with Gasteiger partial charge in [-0.25, -0.2) is 8.42 Å². The van der Waals surface area contributed by atoms with Crippen LogP contribution in [-0.4, -0.2) is 20.9 Å². The molecule has 0 aliphatic rings. The molecule has 140 valence electrons. The molecule has 0 spiro atoms. The van der Waals surface area contributed by atoms with E-state index < -0.39 is 15.9 Å². The Morgan fingerprint density at radius 3 is 2.33 bits per heavy atom. The van der Waals surface area contributed by atoms with Crippen LogP contribution in [-0.2, 0) is 10.0 Å². The van der Waals surface area contributed by atoms with Crippen LogP contribution in [0.25, 0.3) is 0 Å². The highest BCUT2D eigenvalue weighted by Gasteiger charge is 2.27. The maximum atomic E-state index is 13.3. The van der Waals surface area contributed by atoms with Gasteiger partial charge in [-0.05, 0) is 59.3 Å². The zero-order chi connectivity index (χ0) is 19.4. The number of anilines is 2. The van der Waals surface area contributed by atoms with Gasteiger partial charge in [-0.3, -0.25) is 9.10 Å². The van der Waals surface area contributed by atoms with Crippen LogP contribution in [0.4, 0.5) is 11.4 Å². The van der Waals surface area contributed by atoms with Gasteiger partial charge in [0.2, 0.25) is 0 Å². The highest BCUT2D eigenvalue weighted by atomic mass is 79.9. The van der Waals surface area contributed by atoms with Gasteiger partial charge in [0.1, 0.15) is 4.90 Å². The minimum Gasteiger partial charge on any atom is -0.444 e. The highest BCUT2D eigenvalue weighted by molar-refractivity contribution is 9.10. The lowest BCUT2D eigenvalue weighted by Crippen LogP contribution is -2.31. The van der Waals surface area contributed by atoms with E-state index in [2.05, 4.69) is 21.2 Å². The lowest BCUT2D eigenvalue weighted by Gasteiger charge is -2.24. The monoisotopic (exact) mass is 448 g/mol. The SMILES string of the molecule is CCN(c1ccccc1)S(=O)(=O)c1ccccc1NC(=O)c1ccc(Br)o1. The zero-order valence-electron chi connectivity index (χ0n) is 14.4. The number of amides is 1. The number of furan rings is 1. The van der Waals surface area contributed by atoms with Crippen LogP contribution < -0.4 is 9.62 Å². The standard InChI is InChI=1S/C19H17BrN2O4S/c1-2-22(14-8-4-3-5-9-14)27(24,25)17-11-7-6-10-15(17)21-19(23)16-12-13-18(20)26-16/h3-13H,2H2,1H3,(H,21,23). The van der Waals surface area contributed by atoms with E-state index in [1.165, 1.54) is 16.4 Å². The van der Waals surface area contributed by atoms with E-state index in [-0.39, 0.29) is 22.9 Å². The van der Waals surface area contributed by atoms with Crippen LogP contribution >= 0.6 is 15.9 Å². The minimum absolute atomic E-state index is 0.00896. The number of nitrogens with one attached hydrogen (secondary N) is 1. The van der Waals surface area contributed by atoms with Crippen molar-refractivity contribution in [2.24, 2.45) is 0 Å². The number of rotatable bonds is 6. The summed E-state index contributed by atoms with van der Waals surface area (Å²) in [4.78, 5) is 12.4. The molecule has 0 saturated carbocycles. The van der Waals surface area contributed by atoms with E-state index in [1.807, 2.05) is 6.07 Å². The number of halogens is 1. The van der Waals surface area contributed by atoms with E-state index in [0.29, 0.717) is 10.4 Å². The van der Waals surface area contributed by atoms with Crippen molar-refractivity contribution in [1.82, 2.24) is 0 Å². The Morgan fingerprint density at radius 2 is 1.70 bits per heavy atom. The molecule has 1 N–H and O–H groups in total. The molecule has 0 aliphatic carbocycles. The fourth-order valence-corrected chi connectivity index (χ4v) is 4.55. The third kappa shape index (κ3) is 4.06. The number of hydrogen-bond donors (Lipinski definition) is 1. The van der Waals surface area contributed by atoms with E-state index in [0.717, 1.165) is 0 Å². The van der Waals surface area contributed by atoms with E-state index >= 15 is 0 Å². The summed E-state index contributed by atoms with van der Waals surface area (Å²) in [6, 6.07) is 18.2. The second-order valence-electron chi connectivity index (χ2n) is 5.56. The van der Waals surface area contributed by atoms with E-state index in [4.69, 9.17) is 4.42 Å². The molecule has 27 heavy (non-hydrogen) atoms. The Labute approximate surface area is 166 Å². The Morgan fingerprint density at radius 1 is 1.04 bits per heavy atom. The third-order valence-corrected chi connectivity index (χ3v) is 6.22. The topological polar surface area (TPSA) is 79.6 Å². The molecule has 3 rings (SSSR count). The van der Waals surface area contributed by atoms with Crippen LogP contribution in [0.1, 0.15) is 17.5 Å². The van der Waals surface area contributed by atoms with Crippen molar-refractivity contribution in [3.8, 4) is 0 Å². The first kappa shape index (κ1) is 19.2. The maximum Gasteiger partial charge on any atom is 0.291 e. The van der Waals surface area contributed by atoms with Crippen molar-refractivity contribution in [3.63, 3.8) is 0 Å². The van der Waals surface area contributed by atoms with Gasteiger partial charge in [-0.1, -0.05) is 30.3 Å². The molecule has 0 unspecified atom stereocenters. The lowest BCUT2D eigenvalue weighted by atomic mass is 10.3. The molecule has 3 aromatic rings. The summed E-state index contributed by atoms with van der Waals surface area (Å²) in [5.41, 5.74) is 0.737. The molecule has 0 bridgehead atoms. The number of para-hydroxylation sites is 2. The van der Waals surface area contributed by atoms with E-state index in [9.17, 15) is 13.2 Å². The smallest absolute Gasteiger partial charge is 0.291 e. The summed E-state index contributed by atoms with van der Waals surface area (Å²) in [5, 5.41) is 2.62. The second-order valence-corrected chi connectivity index (χ2v) is 8.17. The molecular formula is C19H17BrN2O4S. The molecule has 6 nitrogen and oxygen atoms in total. The summed E-state index contributed by atoms with van der Waals surface area (Å²) in [6.07, 6.45) is 0. The number of carbonyl (C=O) groups excluding carboxylic acids is 1. The predicted octanol–water partition coefficient (Wildman–Crippen LogP) is 4.51.